The molecule has 2 nitrogen and oxygen atoms in total. The molecule has 0 aliphatic heterocycles. The highest BCUT2D eigenvalue weighted by Crippen LogP contribution is 2.16. The van der Waals surface area contributed by atoms with Crippen LogP contribution in [0.5, 0.6) is 5.75 Å². The Morgan fingerprint density at radius 2 is 1.79 bits per heavy atom. The van der Waals surface area contributed by atoms with Crippen molar-refractivity contribution >= 4 is 0 Å². The fourth-order valence-corrected chi connectivity index (χ4v) is 1.36. The van der Waals surface area contributed by atoms with Crippen LogP contribution in [0, 0.1) is 13.8 Å². The van der Waals surface area contributed by atoms with Crippen LogP contribution < -0.4 is 4.74 Å². The third-order valence-corrected chi connectivity index (χ3v) is 2.00. The summed E-state index contributed by atoms with van der Waals surface area (Å²) in [6, 6.07) is 6.13. The zero-order valence-corrected chi connectivity index (χ0v) is 9.08. The van der Waals surface area contributed by atoms with Crippen LogP contribution in [0.25, 0.3) is 0 Å². The second-order valence-electron chi connectivity index (χ2n) is 3.81. The van der Waals surface area contributed by atoms with Gasteiger partial charge in [-0.3, -0.25) is 0 Å². The van der Waals surface area contributed by atoms with Crippen LogP contribution in [0.1, 0.15) is 24.5 Å². The molecule has 78 valence electrons. The molecule has 1 aromatic rings. The van der Waals surface area contributed by atoms with Gasteiger partial charge in [0.15, 0.2) is 0 Å². The Kier molecular flexibility index (Phi) is 3.96. The van der Waals surface area contributed by atoms with Crippen LogP contribution in [0.3, 0.4) is 0 Å². The molecule has 1 unspecified atom stereocenters. The fourth-order valence-electron chi connectivity index (χ4n) is 1.36. The second-order valence-corrected chi connectivity index (χ2v) is 3.81. The molecule has 0 heterocycles. The van der Waals surface area contributed by atoms with Gasteiger partial charge in [0.25, 0.3) is 0 Å². The molecule has 0 aliphatic carbocycles. The van der Waals surface area contributed by atoms with Crippen molar-refractivity contribution < 1.29 is 9.84 Å². The van der Waals surface area contributed by atoms with Gasteiger partial charge < -0.3 is 9.84 Å². The summed E-state index contributed by atoms with van der Waals surface area (Å²) in [5.41, 5.74) is 2.41. The lowest BCUT2D eigenvalue weighted by Gasteiger charge is -2.09. The maximum absolute atomic E-state index is 9.06. The minimum atomic E-state index is -0.291. The summed E-state index contributed by atoms with van der Waals surface area (Å²) in [7, 11) is 0. The van der Waals surface area contributed by atoms with Crippen LogP contribution in [-0.4, -0.2) is 17.8 Å². The first-order chi connectivity index (χ1) is 6.58. The number of ether oxygens (including phenoxy) is 1. The Hall–Kier alpha value is -1.02. The van der Waals surface area contributed by atoms with E-state index in [0.29, 0.717) is 13.0 Å². The molecule has 2 heteroatoms. The van der Waals surface area contributed by atoms with Crippen LogP contribution >= 0.6 is 0 Å². The minimum absolute atomic E-state index is 0.291. The highest BCUT2D eigenvalue weighted by atomic mass is 16.5. The number of aliphatic hydroxyl groups excluding tert-OH is 1. The Balaban J connectivity index is 2.50. The van der Waals surface area contributed by atoms with Crippen molar-refractivity contribution in [1.82, 2.24) is 0 Å². The van der Waals surface area contributed by atoms with Gasteiger partial charge in [0.05, 0.1) is 12.7 Å². The van der Waals surface area contributed by atoms with Gasteiger partial charge in [0, 0.05) is 6.42 Å². The Labute approximate surface area is 85.5 Å². The third-order valence-electron chi connectivity index (χ3n) is 2.00. The Morgan fingerprint density at radius 3 is 2.29 bits per heavy atom. The SMILES string of the molecule is Cc1cc(C)cc(OCCC(C)O)c1. The smallest absolute Gasteiger partial charge is 0.119 e. The molecule has 1 atom stereocenters. The van der Waals surface area contributed by atoms with Crippen molar-refractivity contribution in [1.29, 1.82) is 0 Å². The molecule has 0 aliphatic rings. The van der Waals surface area contributed by atoms with E-state index in [2.05, 4.69) is 19.9 Å². The number of hydrogen-bond donors (Lipinski definition) is 1. The van der Waals surface area contributed by atoms with Gasteiger partial charge in [-0.1, -0.05) is 6.07 Å². The number of rotatable bonds is 4. The van der Waals surface area contributed by atoms with E-state index in [1.165, 1.54) is 11.1 Å². The summed E-state index contributed by atoms with van der Waals surface area (Å²) in [6.07, 6.45) is 0.383. The average molecular weight is 194 g/mol. The van der Waals surface area contributed by atoms with E-state index in [0.717, 1.165) is 5.75 Å². The summed E-state index contributed by atoms with van der Waals surface area (Å²) in [6.45, 7) is 6.44. The van der Waals surface area contributed by atoms with Gasteiger partial charge in [-0.05, 0) is 44.0 Å². The summed E-state index contributed by atoms with van der Waals surface area (Å²) in [5.74, 6) is 0.892. The molecule has 14 heavy (non-hydrogen) atoms. The van der Waals surface area contributed by atoms with E-state index in [-0.39, 0.29) is 6.10 Å². The number of aliphatic hydroxyl groups is 1. The Bertz CT molecular complexity index is 272. The first kappa shape index (κ1) is 11.1. The zero-order valence-electron chi connectivity index (χ0n) is 9.08. The van der Waals surface area contributed by atoms with Gasteiger partial charge in [-0.15, -0.1) is 0 Å². The van der Waals surface area contributed by atoms with Crippen molar-refractivity contribution in [2.24, 2.45) is 0 Å². The largest absolute Gasteiger partial charge is 0.493 e. The lowest BCUT2D eigenvalue weighted by Crippen LogP contribution is -2.07. The van der Waals surface area contributed by atoms with Crippen molar-refractivity contribution in [3.05, 3.63) is 29.3 Å². The van der Waals surface area contributed by atoms with Gasteiger partial charge in [-0.2, -0.15) is 0 Å². The monoisotopic (exact) mass is 194 g/mol. The lowest BCUT2D eigenvalue weighted by molar-refractivity contribution is 0.155. The quantitative estimate of drug-likeness (QED) is 0.797. The van der Waals surface area contributed by atoms with Crippen LogP contribution in [0.2, 0.25) is 0 Å². The maximum atomic E-state index is 9.06. The molecule has 0 aromatic heterocycles. The predicted molar refractivity (Wildman–Crippen MR) is 57.7 cm³/mol. The average Bonchev–Trinajstić information content (AvgIpc) is 2.01. The topological polar surface area (TPSA) is 29.5 Å². The first-order valence-electron chi connectivity index (χ1n) is 4.97. The first-order valence-corrected chi connectivity index (χ1v) is 4.97. The molecule has 0 radical (unpaired) electrons. The van der Waals surface area contributed by atoms with Crippen molar-refractivity contribution in [2.45, 2.75) is 33.3 Å². The molecular formula is C12H18O2. The molecule has 0 spiro atoms. The minimum Gasteiger partial charge on any atom is -0.493 e. The fraction of sp³-hybridized carbons (Fsp3) is 0.500. The number of benzene rings is 1. The maximum Gasteiger partial charge on any atom is 0.119 e. The molecule has 1 aromatic carbocycles. The van der Waals surface area contributed by atoms with Gasteiger partial charge in [0.2, 0.25) is 0 Å². The molecule has 1 rings (SSSR count). The van der Waals surface area contributed by atoms with E-state index in [9.17, 15) is 0 Å². The third kappa shape index (κ3) is 3.79. The molecule has 0 fully saturated rings. The second kappa shape index (κ2) is 5.01. The van der Waals surface area contributed by atoms with Gasteiger partial charge >= 0.3 is 0 Å². The molecule has 1 N–H and O–H groups in total. The van der Waals surface area contributed by atoms with Gasteiger partial charge in [0.1, 0.15) is 5.75 Å². The standard InChI is InChI=1S/C12H18O2/c1-9-6-10(2)8-12(7-9)14-5-4-11(3)13/h6-8,11,13H,4-5H2,1-3H3. The van der Waals surface area contributed by atoms with Gasteiger partial charge in [-0.25, -0.2) is 0 Å². The summed E-state index contributed by atoms with van der Waals surface area (Å²) >= 11 is 0. The van der Waals surface area contributed by atoms with Crippen LogP contribution in [0.4, 0.5) is 0 Å². The van der Waals surface area contributed by atoms with Crippen LogP contribution in [-0.2, 0) is 0 Å². The highest BCUT2D eigenvalue weighted by Gasteiger charge is 1.98. The highest BCUT2D eigenvalue weighted by molar-refractivity contribution is 5.32. The van der Waals surface area contributed by atoms with Crippen molar-refractivity contribution in [2.75, 3.05) is 6.61 Å². The van der Waals surface area contributed by atoms with Crippen molar-refractivity contribution in [3.8, 4) is 5.75 Å². The Morgan fingerprint density at radius 1 is 1.21 bits per heavy atom. The normalized spacial score (nSPS) is 12.6. The van der Waals surface area contributed by atoms with E-state index >= 15 is 0 Å². The molecule has 0 saturated carbocycles. The van der Waals surface area contributed by atoms with Crippen LogP contribution in [0.15, 0.2) is 18.2 Å². The summed E-state index contributed by atoms with van der Waals surface area (Å²) < 4.78 is 5.52. The zero-order chi connectivity index (χ0) is 10.6. The molecule has 0 amide bonds. The van der Waals surface area contributed by atoms with E-state index < -0.39 is 0 Å². The lowest BCUT2D eigenvalue weighted by atomic mass is 10.1. The molecule has 0 saturated heterocycles. The van der Waals surface area contributed by atoms with E-state index in [1.807, 2.05) is 12.1 Å². The van der Waals surface area contributed by atoms with Crippen molar-refractivity contribution in [3.63, 3.8) is 0 Å². The summed E-state index contributed by atoms with van der Waals surface area (Å²) in [4.78, 5) is 0. The van der Waals surface area contributed by atoms with E-state index in [4.69, 9.17) is 9.84 Å². The molecule has 0 bridgehead atoms. The number of hydrogen-bond acceptors (Lipinski definition) is 2. The van der Waals surface area contributed by atoms with E-state index in [1.54, 1.807) is 6.92 Å². The summed E-state index contributed by atoms with van der Waals surface area (Å²) in [5, 5.41) is 9.06. The molecular weight excluding hydrogens is 176 g/mol. The predicted octanol–water partition coefficient (Wildman–Crippen LogP) is 2.45. The number of aryl methyl sites for hydroxylation is 2.